The Morgan fingerprint density at radius 2 is 1.93 bits per heavy atom. The van der Waals surface area contributed by atoms with Crippen LogP contribution >= 0.6 is 11.3 Å². The molecule has 0 spiro atoms. The number of rotatable bonds is 6. The summed E-state index contributed by atoms with van der Waals surface area (Å²) < 4.78 is 40.1. The predicted molar refractivity (Wildman–Crippen MR) is 102 cm³/mol. The van der Waals surface area contributed by atoms with Gasteiger partial charge in [-0.3, -0.25) is 9.69 Å². The Morgan fingerprint density at radius 1 is 1.19 bits per heavy atom. The van der Waals surface area contributed by atoms with Gasteiger partial charge in [0.25, 0.3) is 10.0 Å². The summed E-state index contributed by atoms with van der Waals surface area (Å²) in [6.45, 7) is 2.29. The zero-order valence-corrected chi connectivity index (χ0v) is 16.7. The van der Waals surface area contributed by atoms with Gasteiger partial charge < -0.3 is 4.90 Å². The predicted octanol–water partition coefficient (Wildman–Crippen LogP) is 1.85. The second-order valence-electron chi connectivity index (χ2n) is 6.49. The number of sulfonamides is 1. The molecule has 1 aliphatic rings. The van der Waals surface area contributed by atoms with Crippen LogP contribution in [-0.4, -0.2) is 68.2 Å². The zero-order chi connectivity index (χ0) is 19.4. The van der Waals surface area contributed by atoms with Gasteiger partial charge in [-0.1, -0.05) is 18.2 Å². The largest absolute Gasteiger partial charge is 0.340 e. The van der Waals surface area contributed by atoms with E-state index < -0.39 is 10.0 Å². The van der Waals surface area contributed by atoms with Gasteiger partial charge >= 0.3 is 0 Å². The number of hydrogen-bond acceptors (Lipinski definition) is 5. The van der Waals surface area contributed by atoms with E-state index in [1.165, 1.54) is 27.8 Å². The molecule has 1 aliphatic heterocycles. The van der Waals surface area contributed by atoms with E-state index >= 15 is 0 Å². The Hall–Kier alpha value is -1.81. The number of benzene rings is 1. The molecule has 3 rings (SSSR count). The molecular weight excluding hydrogens is 389 g/mol. The molecule has 6 nitrogen and oxygen atoms in total. The average Bonchev–Trinajstić information content (AvgIpc) is 3.17. The first-order valence-electron chi connectivity index (χ1n) is 8.60. The maximum Gasteiger partial charge on any atom is 0.252 e. The monoisotopic (exact) mass is 411 g/mol. The highest BCUT2D eigenvalue weighted by Gasteiger charge is 2.30. The maximum atomic E-state index is 13.3. The van der Waals surface area contributed by atoms with E-state index in [1.54, 1.807) is 41.6 Å². The van der Waals surface area contributed by atoms with Crippen molar-refractivity contribution in [3.63, 3.8) is 0 Å². The zero-order valence-electron chi connectivity index (χ0n) is 15.0. The van der Waals surface area contributed by atoms with E-state index in [4.69, 9.17) is 0 Å². The summed E-state index contributed by atoms with van der Waals surface area (Å²) in [6, 6.07) is 9.52. The SMILES string of the molecule is CN(Cc1cccc(F)c1)C(=O)CN1CCN(S(=O)(=O)c2cccs2)CC1. The molecule has 0 unspecified atom stereocenters. The summed E-state index contributed by atoms with van der Waals surface area (Å²) in [6.07, 6.45) is 0. The normalized spacial score (nSPS) is 16.4. The van der Waals surface area contributed by atoms with Crippen molar-refractivity contribution in [3.8, 4) is 0 Å². The Balaban J connectivity index is 1.50. The fourth-order valence-electron chi connectivity index (χ4n) is 2.97. The lowest BCUT2D eigenvalue weighted by Gasteiger charge is -2.34. The Bertz CT molecular complexity index is 879. The third-order valence-electron chi connectivity index (χ3n) is 4.51. The first kappa shape index (κ1) is 19.9. The molecule has 1 aromatic carbocycles. The van der Waals surface area contributed by atoms with Crippen LogP contribution in [0.3, 0.4) is 0 Å². The third-order valence-corrected chi connectivity index (χ3v) is 7.79. The lowest BCUT2D eigenvalue weighted by Crippen LogP contribution is -2.51. The highest BCUT2D eigenvalue weighted by molar-refractivity contribution is 7.91. The van der Waals surface area contributed by atoms with E-state index in [0.717, 1.165) is 5.56 Å². The molecule has 2 heterocycles. The van der Waals surface area contributed by atoms with Crippen LogP contribution in [0.4, 0.5) is 4.39 Å². The Morgan fingerprint density at radius 3 is 2.56 bits per heavy atom. The summed E-state index contributed by atoms with van der Waals surface area (Å²) in [5.74, 6) is -0.398. The Kier molecular flexibility index (Phi) is 6.25. The average molecular weight is 412 g/mol. The van der Waals surface area contributed by atoms with Crippen molar-refractivity contribution in [2.45, 2.75) is 10.8 Å². The fourth-order valence-corrected chi connectivity index (χ4v) is 5.54. The van der Waals surface area contributed by atoms with Gasteiger partial charge in [-0.2, -0.15) is 4.31 Å². The van der Waals surface area contributed by atoms with Crippen LogP contribution < -0.4 is 0 Å². The molecular formula is C18H22FN3O3S2. The fraction of sp³-hybridized carbons (Fsp3) is 0.389. The van der Waals surface area contributed by atoms with Crippen LogP contribution in [-0.2, 0) is 21.4 Å². The molecule has 27 heavy (non-hydrogen) atoms. The number of carbonyl (C=O) groups is 1. The summed E-state index contributed by atoms with van der Waals surface area (Å²) >= 11 is 1.21. The number of piperazine rings is 1. The van der Waals surface area contributed by atoms with Crippen LogP contribution in [0.5, 0.6) is 0 Å². The minimum Gasteiger partial charge on any atom is -0.340 e. The molecule has 0 aliphatic carbocycles. The first-order valence-corrected chi connectivity index (χ1v) is 10.9. The van der Waals surface area contributed by atoms with Crippen molar-refractivity contribution in [2.24, 2.45) is 0 Å². The van der Waals surface area contributed by atoms with Gasteiger partial charge in [0, 0.05) is 39.8 Å². The third kappa shape index (κ3) is 4.92. The number of hydrogen-bond donors (Lipinski definition) is 0. The number of likely N-dealkylation sites (N-methyl/N-ethyl adjacent to an activating group) is 1. The quantitative estimate of drug-likeness (QED) is 0.728. The summed E-state index contributed by atoms with van der Waals surface area (Å²) in [4.78, 5) is 15.9. The number of amides is 1. The number of nitrogens with zero attached hydrogens (tertiary/aromatic N) is 3. The summed E-state index contributed by atoms with van der Waals surface area (Å²) in [5.41, 5.74) is 0.734. The van der Waals surface area contributed by atoms with Gasteiger partial charge in [0.15, 0.2) is 0 Å². The van der Waals surface area contributed by atoms with E-state index in [9.17, 15) is 17.6 Å². The lowest BCUT2D eigenvalue weighted by atomic mass is 10.2. The molecule has 0 radical (unpaired) electrons. The molecule has 0 saturated carbocycles. The van der Waals surface area contributed by atoms with Crippen LogP contribution in [0.2, 0.25) is 0 Å². The lowest BCUT2D eigenvalue weighted by molar-refractivity contribution is -0.131. The van der Waals surface area contributed by atoms with Crippen LogP contribution in [0.1, 0.15) is 5.56 Å². The number of halogens is 1. The van der Waals surface area contributed by atoms with Crippen molar-refractivity contribution >= 4 is 27.3 Å². The molecule has 9 heteroatoms. The number of thiophene rings is 1. The molecule has 1 fully saturated rings. The summed E-state index contributed by atoms with van der Waals surface area (Å²) in [5, 5.41) is 1.75. The molecule has 2 aromatic rings. The standard InChI is InChI=1S/C18H22FN3O3S2/c1-20(13-15-4-2-5-16(19)12-15)17(23)14-21-7-9-22(10-8-21)27(24,25)18-6-3-11-26-18/h2-6,11-12H,7-10,13-14H2,1H3. The molecule has 146 valence electrons. The molecule has 0 N–H and O–H groups in total. The number of carbonyl (C=O) groups excluding carboxylic acids is 1. The van der Waals surface area contributed by atoms with Gasteiger partial charge in [-0.05, 0) is 29.1 Å². The van der Waals surface area contributed by atoms with Crippen LogP contribution in [0.25, 0.3) is 0 Å². The van der Waals surface area contributed by atoms with E-state index in [-0.39, 0.29) is 18.3 Å². The Labute approximate surface area is 162 Å². The molecule has 1 amide bonds. The molecule has 1 saturated heterocycles. The minimum absolute atomic E-state index is 0.0752. The maximum absolute atomic E-state index is 13.3. The highest BCUT2D eigenvalue weighted by atomic mass is 32.2. The van der Waals surface area contributed by atoms with Crippen molar-refractivity contribution in [3.05, 3.63) is 53.2 Å². The van der Waals surface area contributed by atoms with Crippen molar-refractivity contribution in [2.75, 3.05) is 39.8 Å². The van der Waals surface area contributed by atoms with Gasteiger partial charge in [0.2, 0.25) is 5.91 Å². The van der Waals surface area contributed by atoms with Crippen LogP contribution in [0, 0.1) is 5.82 Å². The second kappa shape index (κ2) is 8.47. The van der Waals surface area contributed by atoms with Gasteiger partial charge in [0.05, 0.1) is 6.54 Å². The van der Waals surface area contributed by atoms with Gasteiger partial charge in [-0.25, -0.2) is 12.8 Å². The van der Waals surface area contributed by atoms with Crippen molar-refractivity contribution in [1.82, 2.24) is 14.1 Å². The van der Waals surface area contributed by atoms with E-state index in [1.807, 2.05) is 4.90 Å². The highest BCUT2D eigenvalue weighted by Crippen LogP contribution is 2.22. The van der Waals surface area contributed by atoms with Crippen molar-refractivity contribution < 1.29 is 17.6 Å². The molecule has 0 bridgehead atoms. The smallest absolute Gasteiger partial charge is 0.252 e. The molecule has 0 atom stereocenters. The summed E-state index contributed by atoms with van der Waals surface area (Å²) in [7, 11) is -1.75. The first-order chi connectivity index (χ1) is 12.9. The van der Waals surface area contributed by atoms with E-state index in [0.29, 0.717) is 36.9 Å². The van der Waals surface area contributed by atoms with Gasteiger partial charge in [0.1, 0.15) is 10.0 Å². The molecule has 1 aromatic heterocycles. The van der Waals surface area contributed by atoms with Crippen LogP contribution in [0.15, 0.2) is 46.0 Å². The van der Waals surface area contributed by atoms with E-state index in [2.05, 4.69) is 0 Å². The van der Waals surface area contributed by atoms with Gasteiger partial charge in [-0.15, -0.1) is 11.3 Å². The van der Waals surface area contributed by atoms with Crippen molar-refractivity contribution in [1.29, 1.82) is 0 Å². The minimum atomic E-state index is -3.44. The topological polar surface area (TPSA) is 60.9 Å². The second-order valence-corrected chi connectivity index (χ2v) is 9.60.